The molecular formula is C14H11N3O. The highest BCUT2D eigenvalue weighted by Gasteiger charge is 2.03. The lowest BCUT2D eigenvalue weighted by Crippen LogP contribution is -2.09. The molecule has 88 valence electrons. The third kappa shape index (κ3) is 1.84. The van der Waals surface area contributed by atoms with Gasteiger partial charge in [0.2, 0.25) is 0 Å². The first kappa shape index (κ1) is 10.5. The first-order chi connectivity index (χ1) is 8.72. The van der Waals surface area contributed by atoms with Crippen LogP contribution in [0.25, 0.3) is 22.2 Å². The fourth-order valence-electron chi connectivity index (χ4n) is 1.95. The molecule has 0 aliphatic rings. The number of benzene rings is 2. The molecule has 0 amide bonds. The van der Waals surface area contributed by atoms with Gasteiger partial charge in [0.25, 0.3) is 5.56 Å². The fraction of sp³-hybridized carbons (Fsp3) is 0. The van der Waals surface area contributed by atoms with Gasteiger partial charge in [-0.1, -0.05) is 36.4 Å². The Morgan fingerprint density at radius 1 is 1.00 bits per heavy atom. The van der Waals surface area contributed by atoms with Crippen molar-refractivity contribution in [2.45, 2.75) is 0 Å². The molecule has 4 heteroatoms. The van der Waals surface area contributed by atoms with Crippen LogP contribution in [-0.2, 0) is 0 Å². The zero-order chi connectivity index (χ0) is 12.5. The number of hydrogen-bond acceptors (Lipinski definition) is 3. The summed E-state index contributed by atoms with van der Waals surface area (Å²) in [7, 11) is 0. The van der Waals surface area contributed by atoms with Crippen LogP contribution in [0.2, 0.25) is 0 Å². The number of aromatic nitrogens is 2. The van der Waals surface area contributed by atoms with E-state index in [2.05, 4.69) is 9.97 Å². The lowest BCUT2D eigenvalue weighted by Gasteiger charge is -2.03. The van der Waals surface area contributed by atoms with E-state index in [1.165, 1.54) is 6.07 Å². The zero-order valence-corrected chi connectivity index (χ0v) is 9.55. The maximum absolute atomic E-state index is 11.4. The molecule has 4 nitrogen and oxygen atoms in total. The van der Waals surface area contributed by atoms with Gasteiger partial charge in [-0.2, -0.15) is 0 Å². The van der Waals surface area contributed by atoms with Crippen LogP contribution in [0.5, 0.6) is 0 Å². The summed E-state index contributed by atoms with van der Waals surface area (Å²) < 4.78 is 0. The van der Waals surface area contributed by atoms with Crippen LogP contribution in [-0.4, -0.2) is 9.97 Å². The predicted molar refractivity (Wildman–Crippen MR) is 72.2 cm³/mol. The Bertz CT molecular complexity index is 777. The second kappa shape index (κ2) is 4.00. The maximum Gasteiger partial charge on any atom is 0.253 e. The molecule has 0 aliphatic heterocycles. The van der Waals surface area contributed by atoms with Crippen LogP contribution in [0, 0.1) is 0 Å². The molecule has 0 bridgehead atoms. The monoisotopic (exact) mass is 237 g/mol. The van der Waals surface area contributed by atoms with E-state index < -0.39 is 0 Å². The molecule has 1 heterocycles. The second-order valence-corrected chi connectivity index (χ2v) is 4.08. The lowest BCUT2D eigenvalue weighted by atomic mass is 10.1. The van der Waals surface area contributed by atoms with Crippen molar-refractivity contribution in [1.82, 2.24) is 9.97 Å². The van der Waals surface area contributed by atoms with Crippen LogP contribution >= 0.6 is 0 Å². The molecule has 3 N–H and O–H groups in total. The van der Waals surface area contributed by atoms with E-state index in [0.29, 0.717) is 5.82 Å². The van der Waals surface area contributed by atoms with E-state index >= 15 is 0 Å². The fourth-order valence-corrected chi connectivity index (χ4v) is 1.95. The van der Waals surface area contributed by atoms with Crippen molar-refractivity contribution in [2.24, 2.45) is 0 Å². The number of hydrogen-bond donors (Lipinski definition) is 2. The molecule has 3 rings (SSSR count). The summed E-state index contributed by atoms with van der Waals surface area (Å²) in [6, 6.07) is 15.2. The summed E-state index contributed by atoms with van der Waals surface area (Å²) in [5.74, 6) is 0.715. The second-order valence-electron chi connectivity index (χ2n) is 4.08. The summed E-state index contributed by atoms with van der Waals surface area (Å²) in [5.41, 5.74) is 6.18. The van der Waals surface area contributed by atoms with Crippen molar-refractivity contribution >= 4 is 16.6 Å². The van der Waals surface area contributed by atoms with Gasteiger partial charge in [0.05, 0.1) is 0 Å². The third-order valence-electron chi connectivity index (χ3n) is 2.78. The predicted octanol–water partition coefficient (Wildman–Crippen LogP) is 2.17. The van der Waals surface area contributed by atoms with Crippen LogP contribution in [0.1, 0.15) is 0 Å². The van der Waals surface area contributed by atoms with Gasteiger partial charge in [0.1, 0.15) is 11.6 Å². The first-order valence-corrected chi connectivity index (χ1v) is 5.58. The Balaban J connectivity index is 2.22. The highest BCUT2D eigenvalue weighted by molar-refractivity contribution is 5.86. The van der Waals surface area contributed by atoms with E-state index in [-0.39, 0.29) is 11.4 Å². The standard InChI is InChI=1S/C14H11N3O/c15-12-8-13(18)17-14(16-12)11-6-5-9-3-1-2-4-10(9)7-11/h1-8H,(H3,15,16,17,18). The molecule has 0 unspecified atom stereocenters. The summed E-state index contributed by atoms with van der Waals surface area (Å²) in [6.45, 7) is 0. The molecule has 18 heavy (non-hydrogen) atoms. The van der Waals surface area contributed by atoms with E-state index in [1.54, 1.807) is 0 Å². The zero-order valence-electron chi connectivity index (χ0n) is 9.55. The normalized spacial score (nSPS) is 10.7. The third-order valence-corrected chi connectivity index (χ3v) is 2.78. The Morgan fingerprint density at radius 3 is 2.56 bits per heavy atom. The van der Waals surface area contributed by atoms with Crippen molar-refractivity contribution in [1.29, 1.82) is 0 Å². The van der Waals surface area contributed by atoms with E-state index in [1.807, 2.05) is 42.5 Å². The Kier molecular flexibility index (Phi) is 2.34. The lowest BCUT2D eigenvalue weighted by molar-refractivity contribution is 1.14. The molecule has 0 saturated heterocycles. The largest absolute Gasteiger partial charge is 0.383 e. The molecule has 0 fully saturated rings. The maximum atomic E-state index is 11.4. The number of fused-ring (bicyclic) bond motifs is 1. The minimum Gasteiger partial charge on any atom is -0.383 e. The molecule has 0 aliphatic carbocycles. The van der Waals surface area contributed by atoms with Gasteiger partial charge in [-0.3, -0.25) is 4.79 Å². The van der Waals surface area contributed by atoms with Crippen molar-refractivity contribution in [2.75, 3.05) is 5.73 Å². The van der Waals surface area contributed by atoms with Gasteiger partial charge in [-0.05, 0) is 16.8 Å². The number of aromatic amines is 1. The van der Waals surface area contributed by atoms with Gasteiger partial charge in [-0.25, -0.2) is 4.98 Å². The van der Waals surface area contributed by atoms with E-state index in [9.17, 15) is 4.79 Å². The minimum atomic E-state index is -0.245. The minimum absolute atomic E-state index is 0.224. The Hall–Kier alpha value is -2.62. The van der Waals surface area contributed by atoms with Crippen LogP contribution in [0.15, 0.2) is 53.3 Å². The highest BCUT2D eigenvalue weighted by atomic mass is 16.1. The first-order valence-electron chi connectivity index (χ1n) is 5.58. The smallest absolute Gasteiger partial charge is 0.253 e. The van der Waals surface area contributed by atoms with Crippen LogP contribution < -0.4 is 11.3 Å². The summed E-state index contributed by atoms with van der Waals surface area (Å²) in [4.78, 5) is 18.2. The van der Waals surface area contributed by atoms with Crippen molar-refractivity contribution in [3.05, 3.63) is 58.9 Å². The summed E-state index contributed by atoms with van der Waals surface area (Å²) >= 11 is 0. The molecule has 2 aromatic carbocycles. The van der Waals surface area contributed by atoms with Crippen LogP contribution in [0.4, 0.5) is 5.82 Å². The van der Waals surface area contributed by atoms with E-state index in [4.69, 9.17) is 5.73 Å². The van der Waals surface area contributed by atoms with Gasteiger partial charge in [-0.15, -0.1) is 0 Å². The molecule has 3 aromatic rings. The molecule has 0 spiro atoms. The average molecular weight is 237 g/mol. The van der Waals surface area contributed by atoms with E-state index in [0.717, 1.165) is 16.3 Å². The molecular weight excluding hydrogens is 226 g/mol. The number of H-pyrrole nitrogens is 1. The van der Waals surface area contributed by atoms with Gasteiger partial charge >= 0.3 is 0 Å². The quantitative estimate of drug-likeness (QED) is 0.681. The molecule has 0 saturated carbocycles. The number of nitrogens with zero attached hydrogens (tertiary/aromatic N) is 1. The molecule has 0 radical (unpaired) electrons. The van der Waals surface area contributed by atoms with Crippen molar-refractivity contribution in [3.8, 4) is 11.4 Å². The Labute approximate surface area is 103 Å². The number of nitrogens with one attached hydrogen (secondary N) is 1. The average Bonchev–Trinajstić information content (AvgIpc) is 2.37. The van der Waals surface area contributed by atoms with Gasteiger partial charge in [0.15, 0.2) is 0 Å². The molecule has 1 aromatic heterocycles. The summed E-state index contributed by atoms with van der Waals surface area (Å²) in [6.07, 6.45) is 0. The number of rotatable bonds is 1. The van der Waals surface area contributed by atoms with Crippen LogP contribution in [0.3, 0.4) is 0 Å². The number of nitrogen functional groups attached to an aromatic ring is 1. The van der Waals surface area contributed by atoms with Crippen molar-refractivity contribution < 1.29 is 0 Å². The topological polar surface area (TPSA) is 71.8 Å². The molecule has 0 atom stereocenters. The Morgan fingerprint density at radius 2 is 1.78 bits per heavy atom. The van der Waals surface area contributed by atoms with Gasteiger partial charge in [0, 0.05) is 11.6 Å². The summed E-state index contributed by atoms with van der Waals surface area (Å²) in [5, 5.41) is 2.24. The number of anilines is 1. The van der Waals surface area contributed by atoms with Crippen molar-refractivity contribution in [3.63, 3.8) is 0 Å². The SMILES string of the molecule is Nc1cc(=O)[nH]c(-c2ccc3ccccc3c2)n1. The van der Waals surface area contributed by atoms with Gasteiger partial charge < -0.3 is 10.7 Å². The number of nitrogens with two attached hydrogens (primary N) is 1. The highest BCUT2D eigenvalue weighted by Crippen LogP contribution is 2.21.